The molecule has 0 aliphatic rings. The highest BCUT2D eigenvalue weighted by atomic mass is 32.2. The molecule has 0 bridgehead atoms. The van der Waals surface area contributed by atoms with E-state index in [9.17, 15) is 8.42 Å². The molecule has 114 valence electrons. The Morgan fingerprint density at radius 2 is 2.14 bits per heavy atom. The zero-order chi connectivity index (χ0) is 15.3. The molecule has 0 atom stereocenters. The van der Waals surface area contributed by atoms with Crippen LogP contribution in [0, 0.1) is 0 Å². The molecule has 0 spiro atoms. The quantitative estimate of drug-likeness (QED) is 0.802. The van der Waals surface area contributed by atoms with Crippen molar-refractivity contribution in [2.24, 2.45) is 0 Å². The molecular weight excluding hydrogens is 290 g/mol. The van der Waals surface area contributed by atoms with Crippen molar-refractivity contribution in [3.8, 4) is 0 Å². The van der Waals surface area contributed by atoms with Gasteiger partial charge in [0.2, 0.25) is 0 Å². The van der Waals surface area contributed by atoms with E-state index >= 15 is 0 Å². The second-order valence-corrected chi connectivity index (χ2v) is 6.13. The number of anilines is 1. The lowest BCUT2D eigenvalue weighted by Crippen LogP contribution is -2.14. The van der Waals surface area contributed by atoms with Crippen molar-refractivity contribution in [2.45, 2.75) is 31.8 Å². The Labute approximate surface area is 124 Å². The molecule has 2 aromatic rings. The van der Waals surface area contributed by atoms with Gasteiger partial charge in [-0.05, 0) is 31.7 Å². The molecule has 2 heterocycles. The topological polar surface area (TPSA) is 88.9 Å². The summed E-state index contributed by atoms with van der Waals surface area (Å²) >= 11 is 0. The van der Waals surface area contributed by atoms with Crippen LogP contribution in [0.4, 0.5) is 5.82 Å². The van der Waals surface area contributed by atoms with E-state index in [1.807, 2.05) is 18.4 Å². The number of aryl methyl sites for hydroxylation is 1. The molecular formula is C13H19N5O2S. The summed E-state index contributed by atoms with van der Waals surface area (Å²) in [6.45, 7) is 6.15. The maximum atomic E-state index is 12.3. The van der Waals surface area contributed by atoms with Crippen LogP contribution < -0.4 is 10.0 Å². The predicted molar refractivity (Wildman–Crippen MR) is 80.3 cm³/mol. The van der Waals surface area contributed by atoms with Crippen LogP contribution in [-0.4, -0.2) is 29.7 Å². The Morgan fingerprint density at radius 1 is 1.33 bits per heavy atom. The molecule has 2 aromatic heterocycles. The largest absolute Gasteiger partial charge is 0.349 e. The minimum Gasteiger partial charge on any atom is -0.349 e. The zero-order valence-corrected chi connectivity index (χ0v) is 12.9. The van der Waals surface area contributed by atoms with Crippen molar-refractivity contribution in [1.82, 2.24) is 20.1 Å². The normalized spacial score (nSPS) is 11.5. The van der Waals surface area contributed by atoms with E-state index in [1.165, 1.54) is 6.20 Å². The minimum absolute atomic E-state index is 0.204. The molecule has 0 saturated carbocycles. The van der Waals surface area contributed by atoms with Crippen molar-refractivity contribution in [2.75, 3.05) is 11.3 Å². The van der Waals surface area contributed by atoms with Gasteiger partial charge in [-0.15, -0.1) is 5.10 Å². The SMILES string of the molecule is CCNCc1cc(S(=O)(=O)Nc2cccnn2)cn1CC. The lowest BCUT2D eigenvalue weighted by atomic mass is 10.4. The van der Waals surface area contributed by atoms with Crippen LogP contribution in [0.1, 0.15) is 19.5 Å². The average Bonchev–Trinajstić information content (AvgIpc) is 2.90. The number of hydrogen-bond donors (Lipinski definition) is 2. The first kappa shape index (κ1) is 15.5. The molecule has 2 N–H and O–H groups in total. The Hall–Kier alpha value is -1.93. The molecule has 0 fully saturated rings. The van der Waals surface area contributed by atoms with Crippen molar-refractivity contribution in [3.63, 3.8) is 0 Å². The van der Waals surface area contributed by atoms with Gasteiger partial charge >= 0.3 is 0 Å². The number of nitrogens with zero attached hydrogens (tertiary/aromatic N) is 3. The highest BCUT2D eigenvalue weighted by molar-refractivity contribution is 7.92. The van der Waals surface area contributed by atoms with Gasteiger partial charge in [0.25, 0.3) is 10.0 Å². The van der Waals surface area contributed by atoms with Gasteiger partial charge in [-0.2, -0.15) is 5.10 Å². The first-order valence-corrected chi connectivity index (χ1v) is 8.25. The fourth-order valence-electron chi connectivity index (χ4n) is 1.92. The number of aromatic nitrogens is 3. The second-order valence-electron chi connectivity index (χ2n) is 4.45. The first-order chi connectivity index (χ1) is 10.1. The molecule has 0 aliphatic carbocycles. The highest BCUT2D eigenvalue weighted by Crippen LogP contribution is 2.17. The third-order valence-corrected chi connectivity index (χ3v) is 4.30. The van der Waals surface area contributed by atoms with Crippen LogP contribution in [0.3, 0.4) is 0 Å². The van der Waals surface area contributed by atoms with Gasteiger partial charge < -0.3 is 9.88 Å². The van der Waals surface area contributed by atoms with Gasteiger partial charge in [0.05, 0.1) is 0 Å². The molecule has 0 unspecified atom stereocenters. The summed E-state index contributed by atoms with van der Waals surface area (Å²) in [5.41, 5.74) is 0.930. The molecule has 7 nitrogen and oxygen atoms in total. The van der Waals surface area contributed by atoms with E-state index in [1.54, 1.807) is 24.4 Å². The smallest absolute Gasteiger partial charge is 0.264 e. The number of nitrogens with one attached hydrogen (secondary N) is 2. The van der Waals surface area contributed by atoms with Crippen molar-refractivity contribution >= 4 is 15.8 Å². The van der Waals surface area contributed by atoms with E-state index in [4.69, 9.17) is 0 Å². The Bertz CT molecular complexity index is 682. The van der Waals surface area contributed by atoms with E-state index in [-0.39, 0.29) is 10.7 Å². The summed E-state index contributed by atoms with van der Waals surface area (Å²) in [5, 5.41) is 10.6. The Morgan fingerprint density at radius 3 is 2.76 bits per heavy atom. The third kappa shape index (κ3) is 3.79. The van der Waals surface area contributed by atoms with E-state index < -0.39 is 10.0 Å². The Kier molecular flexibility index (Phi) is 4.92. The van der Waals surface area contributed by atoms with Crippen molar-refractivity contribution in [3.05, 3.63) is 36.3 Å². The molecule has 0 radical (unpaired) electrons. The van der Waals surface area contributed by atoms with Crippen LogP contribution in [0.2, 0.25) is 0 Å². The lowest BCUT2D eigenvalue weighted by molar-refractivity contribution is 0.600. The van der Waals surface area contributed by atoms with Gasteiger partial charge in [-0.3, -0.25) is 4.72 Å². The molecule has 2 rings (SSSR count). The lowest BCUT2D eigenvalue weighted by Gasteiger charge is -2.05. The first-order valence-electron chi connectivity index (χ1n) is 6.77. The fraction of sp³-hybridized carbons (Fsp3) is 0.385. The minimum atomic E-state index is -3.65. The van der Waals surface area contributed by atoms with Crippen LogP contribution in [-0.2, 0) is 23.1 Å². The van der Waals surface area contributed by atoms with Crippen LogP contribution >= 0.6 is 0 Å². The van der Waals surface area contributed by atoms with Gasteiger partial charge in [0.1, 0.15) is 4.90 Å². The molecule has 21 heavy (non-hydrogen) atoms. The highest BCUT2D eigenvalue weighted by Gasteiger charge is 2.18. The maximum absolute atomic E-state index is 12.3. The second kappa shape index (κ2) is 6.68. The molecule has 0 aromatic carbocycles. The summed E-state index contributed by atoms with van der Waals surface area (Å²) in [5.74, 6) is 0.204. The van der Waals surface area contributed by atoms with Gasteiger partial charge in [0.15, 0.2) is 5.82 Å². The monoisotopic (exact) mass is 309 g/mol. The third-order valence-electron chi connectivity index (χ3n) is 2.98. The average molecular weight is 309 g/mol. The predicted octanol–water partition coefficient (Wildman–Crippen LogP) is 1.21. The van der Waals surface area contributed by atoms with E-state index in [2.05, 4.69) is 20.2 Å². The number of hydrogen-bond acceptors (Lipinski definition) is 5. The van der Waals surface area contributed by atoms with Crippen molar-refractivity contribution < 1.29 is 8.42 Å². The van der Waals surface area contributed by atoms with Crippen molar-refractivity contribution in [1.29, 1.82) is 0 Å². The summed E-state index contributed by atoms with van der Waals surface area (Å²) in [6, 6.07) is 4.85. The zero-order valence-electron chi connectivity index (χ0n) is 12.1. The molecule has 0 saturated heterocycles. The van der Waals surface area contributed by atoms with Crippen LogP contribution in [0.5, 0.6) is 0 Å². The molecule has 0 amide bonds. The summed E-state index contributed by atoms with van der Waals surface area (Å²) < 4.78 is 29.0. The number of sulfonamides is 1. The van der Waals surface area contributed by atoms with Gasteiger partial charge in [0, 0.05) is 31.2 Å². The summed E-state index contributed by atoms with van der Waals surface area (Å²) in [4.78, 5) is 0.225. The van der Waals surface area contributed by atoms with E-state index in [0.29, 0.717) is 13.1 Å². The van der Waals surface area contributed by atoms with Gasteiger partial charge in [-0.25, -0.2) is 8.42 Å². The number of rotatable bonds is 7. The summed E-state index contributed by atoms with van der Waals surface area (Å²) in [7, 11) is -3.65. The Balaban J connectivity index is 2.25. The van der Waals surface area contributed by atoms with Gasteiger partial charge in [-0.1, -0.05) is 6.92 Å². The summed E-state index contributed by atoms with van der Waals surface area (Å²) in [6.07, 6.45) is 3.12. The fourth-order valence-corrected chi connectivity index (χ4v) is 2.98. The standard InChI is InChI=1S/C13H19N5O2S/c1-3-14-9-11-8-12(10-18(11)4-2)21(19,20)17-13-6-5-7-15-16-13/h5-8,10,14H,3-4,9H2,1-2H3,(H,16,17). The van der Waals surface area contributed by atoms with Crippen LogP contribution in [0.25, 0.3) is 0 Å². The molecule has 8 heteroatoms. The maximum Gasteiger partial charge on any atom is 0.264 e. The van der Waals surface area contributed by atoms with E-state index in [0.717, 1.165) is 12.2 Å². The molecule has 0 aliphatic heterocycles. The van der Waals surface area contributed by atoms with Crippen LogP contribution in [0.15, 0.2) is 35.5 Å².